The Morgan fingerprint density at radius 3 is 2.26 bits per heavy atom. The molecule has 0 aliphatic carbocycles. The molecule has 0 fully saturated rings. The third-order valence-electron chi connectivity index (χ3n) is 2.31. The Kier molecular flexibility index (Phi) is 3.61. The highest BCUT2D eigenvalue weighted by atomic mass is 35.5. The van der Waals surface area contributed by atoms with Gasteiger partial charge < -0.3 is 5.32 Å². The third-order valence-corrected chi connectivity index (χ3v) is 2.48. The zero-order valence-electron chi connectivity index (χ0n) is 9.79. The van der Waals surface area contributed by atoms with Gasteiger partial charge in [0.1, 0.15) is 5.82 Å². The van der Waals surface area contributed by atoms with Crippen LogP contribution >= 0.6 is 11.6 Å². The van der Waals surface area contributed by atoms with Crippen molar-refractivity contribution in [3.63, 3.8) is 0 Å². The first-order valence-corrected chi connectivity index (χ1v) is 5.68. The van der Waals surface area contributed by atoms with Crippen molar-refractivity contribution in [3.8, 4) is 0 Å². The maximum Gasteiger partial charge on any atom is 0.416 e. The lowest BCUT2D eigenvalue weighted by Gasteiger charge is -2.09. The SMILES string of the molecule is Cc1cc(Nc2ccc(C(F)(F)F)cc2)nc(Cl)n1. The predicted molar refractivity (Wildman–Crippen MR) is 66.5 cm³/mol. The van der Waals surface area contributed by atoms with Gasteiger partial charge in [-0.3, -0.25) is 0 Å². The Labute approximate surface area is 112 Å². The second kappa shape index (κ2) is 5.05. The molecular weight excluding hydrogens is 279 g/mol. The number of halogens is 4. The molecule has 1 N–H and O–H groups in total. The first-order chi connectivity index (χ1) is 8.84. The number of rotatable bonds is 2. The summed E-state index contributed by atoms with van der Waals surface area (Å²) in [7, 11) is 0. The molecule has 0 bridgehead atoms. The summed E-state index contributed by atoms with van der Waals surface area (Å²) in [5, 5.41) is 2.94. The van der Waals surface area contributed by atoms with Gasteiger partial charge >= 0.3 is 6.18 Å². The van der Waals surface area contributed by atoms with Crippen molar-refractivity contribution in [2.24, 2.45) is 0 Å². The van der Waals surface area contributed by atoms with Gasteiger partial charge in [-0.25, -0.2) is 9.97 Å². The molecule has 0 aliphatic rings. The molecule has 1 heterocycles. The molecule has 3 nitrogen and oxygen atoms in total. The summed E-state index contributed by atoms with van der Waals surface area (Å²) in [6.07, 6.45) is -4.34. The Bertz CT molecular complexity index is 562. The molecule has 0 unspecified atom stereocenters. The molecule has 1 aromatic heterocycles. The second-order valence-electron chi connectivity index (χ2n) is 3.86. The van der Waals surface area contributed by atoms with Crippen LogP contribution in [0.5, 0.6) is 0 Å². The van der Waals surface area contributed by atoms with Crippen LogP contribution in [0.4, 0.5) is 24.7 Å². The Morgan fingerprint density at radius 1 is 1.11 bits per heavy atom. The number of alkyl halides is 3. The van der Waals surface area contributed by atoms with E-state index >= 15 is 0 Å². The van der Waals surface area contributed by atoms with Gasteiger partial charge in [-0.1, -0.05) is 0 Å². The first kappa shape index (κ1) is 13.6. The quantitative estimate of drug-likeness (QED) is 0.841. The van der Waals surface area contributed by atoms with E-state index in [1.165, 1.54) is 12.1 Å². The summed E-state index contributed by atoms with van der Waals surface area (Å²) in [5.74, 6) is 0.428. The smallest absolute Gasteiger partial charge is 0.340 e. The lowest BCUT2D eigenvalue weighted by molar-refractivity contribution is -0.137. The molecule has 0 aliphatic heterocycles. The lowest BCUT2D eigenvalue weighted by atomic mass is 10.2. The maximum absolute atomic E-state index is 12.4. The van der Waals surface area contributed by atoms with Crippen LogP contribution in [0, 0.1) is 6.92 Å². The van der Waals surface area contributed by atoms with Gasteiger partial charge in [0.25, 0.3) is 0 Å². The average molecular weight is 288 g/mol. The fourth-order valence-corrected chi connectivity index (χ4v) is 1.71. The molecule has 7 heteroatoms. The highest BCUT2D eigenvalue weighted by Gasteiger charge is 2.29. The van der Waals surface area contributed by atoms with Crippen LogP contribution in [0.15, 0.2) is 30.3 Å². The average Bonchev–Trinajstić information content (AvgIpc) is 2.26. The highest BCUT2D eigenvalue weighted by molar-refractivity contribution is 6.28. The van der Waals surface area contributed by atoms with Crippen molar-refractivity contribution < 1.29 is 13.2 Å². The van der Waals surface area contributed by atoms with Crippen molar-refractivity contribution in [2.45, 2.75) is 13.1 Å². The zero-order chi connectivity index (χ0) is 14.0. The molecule has 0 amide bonds. The van der Waals surface area contributed by atoms with Crippen LogP contribution < -0.4 is 5.32 Å². The van der Waals surface area contributed by atoms with Gasteiger partial charge in [0.15, 0.2) is 0 Å². The van der Waals surface area contributed by atoms with Gasteiger partial charge in [0.05, 0.1) is 5.56 Å². The summed E-state index contributed by atoms with van der Waals surface area (Å²) in [6.45, 7) is 1.74. The number of nitrogens with one attached hydrogen (secondary N) is 1. The number of benzene rings is 1. The molecule has 0 radical (unpaired) electrons. The number of aryl methyl sites for hydroxylation is 1. The van der Waals surface area contributed by atoms with Gasteiger partial charge in [0.2, 0.25) is 5.28 Å². The van der Waals surface area contributed by atoms with E-state index in [-0.39, 0.29) is 5.28 Å². The molecule has 0 atom stereocenters. The summed E-state index contributed by atoms with van der Waals surface area (Å²) in [5.41, 5.74) is 0.450. The Morgan fingerprint density at radius 2 is 1.74 bits per heavy atom. The molecule has 2 aromatic rings. The van der Waals surface area contributed by atoms with Crippen molar-refractivity contribution in [3.05, 3.63) is 46.9 Å². The van der Waals surface area contributed by atoms with E-state index in [1.807, 2.05) is 0 Å². The molecule has 0 saturated heterocycles. The Balaban J connectivity index is 2.20. The highest BCUT2D eigenvalue weighted by Crippen LogP contribution is 2.30. The monoisotopic (exact) mass is 287 g/mol. The second-order valence-corrected chi connectivity index (χ2v) is 4.20. The fraction of sp³-hybridized carbons (Fsp3) is 0.167. The van der Waals surface area contributed by atoms with Crippen molar-refractivity contribution in [1.82, 2.24) is 9.97 Å². The predicted octanol–water partition coefficient (Wildman–Crippen LogP) is 4.20. The van der Waals surface area contributed by atoms with E-state index in [1.54, 1.807) is 13.0 Å². The minimum absolute atomic E-state index is 0.0782. The number of aromatic nitrogens is 2. The molecule has 0 spiro atoms. The fourth-order valence-electron chi connectivity index (χ4n) is 1.49. The summed E-state index contributed by atoms with van der Waals surface area (Å²) in [6, 6.07) is 6.29. The normalized spacial score (nSPS) is 11.4. The van der Waals surface area contributed by atoms with E-state index in [0.29, 0.717) is 17.2 Å². The van der Waals surface area contributed by atoms with Gasteiger partial charge in [-0.05, 0) is 42.8 Å². The first-order valence-electron chi connectivity index (χ1n) is 5.30. The third kappa shape index (κ3) is 3.57. The molecule has 2 rings (SSSR count). The van der Waals surface area contributed by atoms with Gasteiger partial charge in [-0.15, -0.1) is 0 Å². The molecule has 1 aromatic carbocycles. The van der Waals surface area contributed by atoms with Crippen LogP contribution in [-0.4, -0.2) is 9.97 Å². The zero-order valence-corrected chi connectivity index (χ0v) is 10.5. The van der Waals surface area contributed by atoms with Crippen molar-refractivity contribution >= 4 is 23.1 Å². The number of hydrogen-bond donors (Lipinski definition) is 1. The largest absolute Gasteiger partial charge is 0.416 e. The van der Waals surface area contributed by atoms with Crippen LogP contribution in [-0.2, 0) is 6.18 Å². The van der Waals surface area contributed by atoms with Gasteiger partial charge in [-0.2, -0.15) is 13.2 Å². The van der Waals surface area contributed by atoms with Crippen molar-refractivity contribution in [2.75, 3.05) is 5.32 Å². The van der Waals surface area contributed by atoms with Gasteiger partial charge in [0, 0.05) is 17.4 Å². The number of nitrogens with zero attached hydrogens (tertiary/aromatic N) is 2. The number of hydrogen-bond acceptors (Lipinski definition) is 3. The van der Waals surface area contributed by atoms with E-state index in [0.717, 1.165) is 12.1 Å². The van der Waals surface area contributed by atoms with Crippen LogP contribution in [0.3, 0.4) is 0 Å². The van der Waals surface area contributed by atoms with Crippen LogP contribution in [0.2, 0.25) is 5.28 Å². The number of anilines is 2. The summed E-state index contributed by atoms with van der Waals surface area (Å²) < 4.78 is 37.2. The van der Waals surface area contributed by atoms with Crippen LogP contribution in [0.1, 0.15) is 11.3 Å². The van der Waals surface area contributed by atoms with E-state index in [4.69, 9.17) is 11.6 Å². The van der Waals surface area contributed by atoms with E-state index in [9.17, 15) is 13.2 Å². The maximum atomic E-state index is 12.4. The van der Waals surface area contributed by atoms with Crippen LogP contribution in [0.25, 0.3) is 0 Å². The van der Waals surface area contributed by atoms with E-state index in [2.05, 4.69) is 15.3 Å². The summed E-state index contributed by atoms with van der Waals surface area (Å²) in [4.78, 5) is 7.81. The topological polar surface area (TPSA) is 37.8 Å². The molecular formula is C12H9ClF3N3. The minimum Gasteiger partial charge on any atom is -0.340 e. The van der Waals surface area contributed by atoms with Crippen molar-refractivity contribution in [1.29, 1.82) is 0 Å². The minimum atomic E-state index is -4.34. The molecule has 0 saturated carbocycles. The Hall–Kier alpha value is -1.82. The lowest BCUT2D eigenvalue weighted by Crippen LogP contribution is -2.04. The molecule has 19 heavy (non-hydrogen) atoms. The molecule has 100 valence electrons. The summed E-state index contributed by atoms with van der Waals surface area (Å²) >= 11 is 5.69. The van der Waals surface area contributed by atoms with E-state index < -0.39 is 11.7 Å². The standard InChI is InChI=1S/C12H9ClF3N3/c1-7-6-10(19-11(13)17-7)18-9-4-2-8(3-5-9)12(14,15)16/h2-6H,1H3,(H,17,18,19).